The summed E-state index contributed by atoms with van der Waals surface area (Å²) in [7, 11) is 0. The van der Waals surface area contributed by atoms with Gasteiger partial charge in [0.2, 0.25) is 0 Å². The van der Waals surface area contributed by atoms with Gasteiger partial charge in [-0.3, -0.25) is 4.79 Å². The normalized spacial score (nSPS) is 19.6. The van der Waals surface area contributed by atoms with E-state index in [1.807, 2.05) is 30.3 Å². The molecule has 3 nitrogen and oxygen atoms in total. The maximum atomic E-state index is 11.7. The molecular weight excluding hydrogens is 200 g/mol. The largest absolute Gasteiger partial charge is 0.352 e. The maximum Gasteiger partial charge on any atom is 0.251 e. The molecule has 1 fully saturated rings. The van der Waals surface area contributed by atoms with Crippen LogP contribution in [0.5, 0.6) is 0 Å². The molecule has 0 spiro atoms. The van der Waals surface area contributed by atoms with E-state index in [1.165, 1.54) is 12.8 Å². The molecule has 1 aliphatic rings. The molecule has 0 aromatic heterocycles. The minimum atomic E-state index is 0.0265. The van der Waals surface area contributed by atoms with Crippen molar-refractivity contribution in [3.63, 3.8) is 0 Å². The maximum absolute atomic E-state index is 11.7. The summed E-state index contributed by atoms with van der Waals surface area (Å²) in [6.45, 7) is 1.88. The van der Waals surface area contributed by atoms with Gasteiger partial charge in [-0.2, -0.15) is 0 Å². The summed E-state index contributed by atoms with van der Waals surface area (Å²) in [5.74, 6) is 0.0265. The first-order valence-corrected chi connectivity index (χ1v) is 5.93. The molecule has 1 heterocycles. The number of carbonyl (C=O) groups is 1. The van der Waals surface area contributed by atoms with Gasteiger partial charge in [0.25, 0.3) is 5.91 Å². The van der Waals surface area contributed by atoms with E-state index in [0.29, 0.717) is 6.04 Å². The fourth-order valence-corrected chi connectivity index (χ4v) is 2.05. The summed E-state index contributed by atoms with van der Waals surface area (Å²) in [5.41, 5.74) is 0.738. The fourth-order valence-electron chi connectivity index (χ4n) is 2.05. The lowest BCUT2D eigenvalue weighted by Gasteiger charge is -2.10. The van der Waals surface area contributed by atoms with Gasteiger partial charge in [0.05, 0.1) is 0 Å². The van der Waals surface area contributed by atoms with E-state index in [1.54, 1.807) is 0 Å². The van der Waals surface area contributed by atoms with Crippen LogP contribution in [0.25, 0.3) is 0 Å². The molecular formula is C13H18N2O. The molecule has 1 aromatic carbocycles. The van der Waals surface area contributed by atoms with Gasteiger partial charge < -0.3 is 10.6 Å². The number of rotatable bonds is 4. The van der Waals surface area contributed by atoms with Crippen molar-refractivity contribution in [3.8, 4) is 0 Å². The van der Waals surface area contributed by atoms with Crippen LogP contribution in [-0.2, 0) is 0 Å². The smallest absolute Gasteiger partial charge is 0.251 e. The lowest BCUT2D eigenvalue weighted by molar-refractivity contribution is 0.0952. The molecule has 16 heavy (non-hydrogen) atoms. The highest BCUT2D eigenvalue weighted by Gasteiger charge is 2.13. The third kappa shape index (κ3) is 3.07. The lowest BCUT2D eigenvalue weighted by Crippen LogP contribution is -2.30. The van der Waals surface area contributed by atoms with Crippen LogP contribution in [0.15, 0.2) is 30.3 Å². The molecule has 86 valence electrons. The van der Waals surface area contributed by atoms with Gasteiger partial charge in [-0.15, -0.1) is 0 Å². The third-order valence-electron chi connectivity index (χ3n) is 2.98. The van der Waals surface area contributed by atoms with E-state index >= 15 is 0 Å². The summed E-state index contributed by atoms with van der Waals surface area (Å²) < 4.78 is 0. The zero-order chi connectivity index (χ0) is 11.2. The zero-order valence-electron chi connectivity index (χ0n) is 9.41. The molecule has 1 aromatic rings. The van der Waals surface area contributed by atoms with E-state index < -0.39 is 0 Å². The monoisotopic (exact) mass is 218 g/mol. The van der Waals surface area contributed by atoms with Crippen molar-refractivity contribution in [2.24, 2.45) is 0 Å². The van der Waals surface area contributed by atoms with Crippen molar-refractivity contribution < 1.29 is 4.79 Å². The zero-order valence-corrected chi connectivity index (χ0v) is 9.41. The first-order valence-electron chi connectivity index (χ1n) is 5.93. The average molecular weight is 218 g/mol. The molecule has 0 saturated carbocycles. The Kier molecular flexibility index (Phi) is 3.94. The quantitative estimate of drug-likeness (QED) is 0.805. The number of hydrogen-bond donors (Lipinski definition) is 2. The van der Waals surface area contributed by atoms with Crippen LogP contribution in [0.1, 0.15) is 29.6 Å². The van der Waals surface area contributed by atoms with Crippen molar-refractivity contribution in [1.29, 1.82) is 0 Å². The molecule has 2 N–H and O–H groups in total. The van der Waals surface area contributed by atoms with Crippen molar-refractivity contribution in [3.05, 3.63) is 35.9 Å². The van der Waals surface area contributed by atoms with Gasteiger partial charge >= 0.3 is 0 Å². The predicted molar refractivity (Wildman–Crippen MR) is 64.4 cm³/mol. The van der Waals surface area contributed by atoms with E-state index in [0.717, 1.165) is 25.1 Å². The Morgan fingerprint density at radius 1 is 1.38 bits per heavy atom. The molecule has 1 aliphatic heterocycles. The summed E-state index contributed by atoms with van der Waals surface area (Å²) in [5, 5.41) is 6.37. The first-order chi connectivity index (χ1) is 7.86. The van der Waals surface area contributed by atoms with Gasteiger partial charge in [0, 0.05) is 18.2 Å². The SMILES string of the molecule is O=C(NCC[C@H]1CCCN1)c1ccccc1. The average Bonchev–Trinajstić information content (AvgIpc) is 2.83. The second-order valence-corrected chi connectivity index (χ2v) is 4.20. The van der Waals surface area contributed by atoms with Gasteiger partial charge in [0.1, 0.15) is 0 Å². The number of benzene rings is 1. The topological polar surface area (TPSA) is 41.1 Å². The molecule has 0 unspecified atom stereocenters. The highest BCUT2D eigenvalue weighted by atomic mass is 16.1. The predicted octanol–water partition coefficient (Wildman–Crippen LogP) is 1.56. The summed E-state index contributed by atoms with van der Waals surface area (Å²) >= 11 is 0. The lowest BCUT2D eigenvalue weighted by atomic mass is 10.1. The second-order valence-electron chi connectivity index (χ2n) is 4.20. The molecule has 3 heteroatoms. The molecule has 1 amide bonds. The summed E-state index contributed by atoms with van der Waals surface area (Å²) in [4.78, 5) is 11.7. The van der Waals surface area contributed by atoms with Gasteiger partial charge in [-0.25, -0.2) is 0 Å². The third-order valence-corrected chi connectivity index (χ3v) is 2.98. The van der Waals surface area contributed by atoms with Gasteiger partial charge in [-0.1, -0.05) is 18.2 Å². The van der Waals surface area contributed by atoms with Crippen molar-refractivity contribution in [2.75, 3.05) is 13.1 Å². The van der Waals surface area contributed by atoms with Crippen molar-refractivity contribution in [2.45, 2.75) is 25.3 Å². The van der Waals surface area contributed by atoms with Crippen molar-refractivity contribution >= 4 is 5.91 Å². The van der Waals surface area contributed by atoms with Gasteiger partial charge in [0.15, 0.2) is 0 Å². The van der Waals surface area contributed by atoms with Gasteiger partial charge in [-0.05, 0) is 37.9 Å². The molecule has 1 saturated heterocycles. The van der Waals surface area contributed by atoms with E-state index in [9.17, 15) is 4.79 Å². The van der Waals surface area contributed by atoms with E-state index in [-0.39, 0.29) is 5.91 Å². The fraction of sp³-hybridized carbons (Fsp3) is 0.462. The minimum Gasteiger partial charge on any atom is -0.352 e. The standard InChI is InChI=1S/C13H18N2O/c16-13(11-5-2-1-3-6-11)15-10-8-12-7-4-9-14-12/h1-3,5-6,12,14H,4,7-10H2,(H,15,16)/t12-/m1/s1. The molecule has 0 radical (unpaired) electrons. The number of amides is 1. The first kappa shape index (κ1) is 11.1. The van der Waals surface area contributed by atoms with Crippen LogP contribution in [0, 0.1) is 0 Å². The Labute approximate surface area is 96.2 Å². The van der Waals surface area contributed by atoms with Crippen LogP contribution >= 0.6 is 0 Å². The Hall–Kier alpha value is -1.35. The highest BCUT2D eigenvalue weighted by molar-refractivity contribution is 5.94. The second kappa shape index (κ2) is 5.66. The Morgan fingerprint density at radius 3 is 2.88 bits per heavy atom. The van der Waals surface area contributed by atoms with Crippen LogP contribution in [0.3, 0.4) is 0 Å². The molecule has 0 bridgehead atoms. The van der Waals surface area contributed by atoms with Crippen LogP contribution < -0.4 is 10.6 Å². The highest BCUT2D eigenvalue weighted by Crippen LogP contribution is 2.07. The van der Waals surface area contributed by atoms with Crippen LogP contribution in [-0.4, -0.2) is 25.0 Å². The number of hydrogen-bond acceptors (Lipinski definition) is 2. The summed E-state index contributed by atoms with van der Waals surface area (Å²) in [6.07, 6.45) is 3.52. The van der Waals surface area contributed by atoms with Crippen LogP contribution in [0.4, 0.5) is 0 Å². The number of nitrogens with one attached hydrogen (secondary N) is 2. The molecule has 0 aliphatic carbocycles. The molecule has 1 atom stereocenters. The summed E-state index contributed by atoms with van der Waals surface area (Å²) in [6, 6.07) is 9.95. The number of carbonyl (C=O) groups excluding carboxylic acids is 1. The Morgan fingerprint density at radius 2 is 2.19 bits per heavy atom. The Bertz CT molecular complexity index is 331. The van der Waals surface area contributed by atoms with E-state index in [4.69, 9.17) is 0 Å². The van der Waals surface area contributed by atoms with E-state index in [2.05, 4.69) is 10.6 Å². The minimum absolute atomic E-state index is 0.0265. The Balaban J connectivity index is 1.71. The molecule has 2 rings (SSSR count). The van der Waals surface area contributed by atoms with Crippen molar-refractivity contribution in [1.82, 2.24) is 10.6 Å². The van der Waals surface area contributed by atoms with Crippen LogP contribution in [0.2, 0.25) is 0 Å².